The molecule has 0 N–H and O–H groups in total. The number of hydrogen-bond donors (Lipinski definition) is 0. The first-order valence-electron chi connectivity index (χ1n) is 6.88. The molecule has 0 bridgehead atoms. The third-order valence-electron chi connectivity index (χ3n) is 3.23. The summed E-state index contributed by atoms with van der Waals surface area (Å²) < 4.78 is 23.4. The Labute approximate surface area is 128 Å². The van der Waals surface area contributed by atoms with Crippen LogP contribution < -0.4 is 4.74 Å². The van der Waals surface area contributed by atoms with Crippen molar-refractivity contribution < 1.29 is 28.2 Å². The second kappa shape index (κ2) is 8.26. The fourth-order valence-corrected chi connectivity index (χ4v) is 2.02. The number of carbonyl (C=O) groups excluding carboxylic acids is 3. The molecule has 1 aromatic rings. The second-order valence-corrected chi connectivity index (χ2v) is 4.90. The molecule has 120 valence electrons. The molecule has 0 fully saturated rings. The maximum absolute atomic E-state index is 13.6. The highest BCUT2D eigenvalue weighted by Crippen LogP contribution is 2.20. The zero-order valence-corrected chi connectivity index (χ0v) is 12.8. The van der Waals surface area contributed by atoms with Crippen molar-refractivity contribution in [1.82, 2.24) is 0 Å². The van der Waals surface area contributed by atoms with Crippen LogP contribution in [0, 0.1) is 11.7 Å². The number of carbonyl (C=O) groups is 3. The summed E-state index contributed by atoms with van der Waals surface area (Å²) in [7, 11) is 1.23. The van der Waals surface area contributed by atoms with Gasteiger partial charge >= 0.3 is 5.97 Å². The Hall–Kier alpha value is -2.24. The Balaban J connectivity index is 2.59. The zero-order chi connectivity index (χ0) is 16.7. The van der Waals surface area contributed by atoms with Gasteiger partial charge in [-0.15, -0.1) is 0 Å². The predicted molar refractivity (Wildman–Crippen MR) is 77.3 cm³/mol. The molecule has 0 spiro atoms. The van der Waals surface area contributed by atoms with Gasteiger partial charge in [0.25, 0.3) is 0 Å². The average Bonchev–Trinajstić information content (AvgIpc) is 2.47. The maximum Gasteiger partial charge on any atom is 0.337 e. The molecule has 0 aromatic heterocycles. The largest absolute Gasteiger partial charge is 0.490 e. The molecule has 0 heterocycles. The maximum atomic E-state index is 13.6. The van der Waals surface area contributed by atoms with E-state index in [1.165, 1.54) is 33.1 Å². The van der Waals surface area contributed by atoms with Crippen LogP contribution in [0.25, 0.3) is 0 Å². The normalized spacial score (nSPS) is 10.4. The van der Waals surface area contributed by atoms with Gasteiger partial charge in [-0.2, -0.15) is 0 Å². The SMILES string of the molecule is COC(=O)c1ccc(F)c(OCCCC(C(C)=O)C(C)=O)c1. The summed E-state index contributed by atoms with van der Waals surface area (Å²) in [5, 5.41) is 0. The summed E-state index contributed by atoms with van der Waals surface area (Å²) in [5.41, 5.74) is 0.184. The first kappa shape index (κ1) is 17.8. The van der Waals surface area contributed by atoms with E-state index >= 15 is 0 Å². The Morgan fingerprint density at radius 1 is 1.18 bits per heavy atom. The van der Waals surface area contributed by atoms with Crippen LogP contribution in [0.3, 0.4) is 0 Å². The molecule has 1 rings (SSSR count). The van der Waals surface area contributed by atoms with Gasteiger partial charge in [-0.25, -0.2) is 9.18 Å². The van der Waals surface area contributed by atoms with Crippen LogP contribution in [-0.4, -0.2) is 31.3 Å². The van der Waals surface area contributed by atoms with Crippen LogP contribution in [0.5, 0.6) is 5.75 Å². The Morgan fingerprint density at radius 3 is 2.36 bits per heavy atom. The summed E-state index contributed by atoms with van der Waals surface area (Å²) >= 11 is 0. The van der Waals surface area contributed by atoms with Gasteiger partial charge in [0.1, 0.15) is 11.6 Å². The number of benzene rings is 1. The second-order valence-electron chi connectivity index (χ2n) is 4.90. The first-order valence-corrected chi connectivity index (χ1v) is 6.88. The Kier molecular flexibility index (Phi) is 6.69. The minimum Gasteiger partial charge on any atom is -0.490 e. The molecule has 1 aromatic carbocycles. The molecule has 5 nitrogen and oxygen atoms in total. The van der Waals surface area contributed by atoms with Gasteiger partial charge in [0.15, 0.2) is 11.6 Å². The molecule has 0 aliphatic carbocycles. The average molecular weight is 310 g/mol. The summed E-state index contributed by atoms with van der Waals surface area (Å²) in [5.74, 6) is -2.27. The predicted octanol–water partition coefficient (Wildman–Crippen LogP) is 2.57. The summed E-state index contributed by atoms with van der Waals surface area (Å²) in [6, 6.07) is 3.68. The lowest BCUT2D eigenvalue weighted by molar-refractivity contribution is -0.130. The van der Waals surface area contributed by atoms with Crippen molar-refractivity contribution in [1.29, 1.82) is 0 Å². The molecule has 0 radical (unpaired) electrons. The van der Waals surface area contributed by atoms with Crippen molar-refractivity contribution in [2.45, 2.75) is 26.7 Å². The molecule has 0 saturated heterocycles. The summed E-state index contributed by atoms with van der Waals surface area (Å²) in [4.78, 5) is 33.9. The zero-order valence-electron chi connectivity index (χ0n) is 12.8. The van der Waals surface area contributed by atoms with Gasteiger partial charge in [-0.3, -0.25) is 9.59 Å². The van der Waals surface area contributed by atoms with Crippen LogP contribution in [0.15, 0.2) is 18.2 Å². The first-order chi connectivity index (χ1) is 10.4. The number of rotatable bonds is 8. The van der Waals surface area contributed by atoms with E-state index in [2.05, 4.69) is 4.74 Å². The van der Waals surface area contributed by atoms with Crippen LogP contribution in [0.4, 0.5) is 4.39 Å². The third kappa shape index (κ3) is 4.95. The van der Waals surface area contributed by atoms with Gasteiger partial charge in [0.2, 0.25) is 0 Å². The topological polar surface area (TPSA) is 69.7 Å². The van der Waals surface area contributed by atoms with Gasteiger partial charge in [-0.05, 0) is 44.9 Å². The fraction of sp³-hybridized carbons (Fsp3) is 0.438. The number of esters is 1. The molecule has 0 saturated carbocycles. The van der Waals surface area contributed by atoms with Gasteiger partial charge in [0.05, 0.1) is 25.2 Å². The number of ether oxygens (including phenoxy) is 2. The van der Waals surface area contributed by atoms with E-state index in [1.54, 1.807) is 0 Å². The standard InChI is InChI=1S/C16H19FO5/c1-10(18)13(11(2)19)5-4-8-22-15-9-12(16(20)21-3)6-7-14(15)17/h6-7,9,13H,4-5,8H2,1-3H3. The quantitative estimate of drug-likeness (QED) is 0.419. The lowest BCUT2D eigenvalue weighted by atomic mass is 9.95. The Morgan fingerprint density at radius 2 is 1.82 bits per heavy atom. The van der Waals surface area contributed by atoms with Crippen molar-refractivity contribution in [2.75, 3.05) is 13.7 Å². The van der Waals surface area contributed by atoms with Crippen LogP contribution in [-0.2, 0) is 14.3 Å². The highest BCUT2D eigenvalue weighted by molar-refractivity contribution is 6.00. The van der Waals surface area contributed by atoms with E-state index in [0.717, 1.165) is 6.07 Å². The summed E-state index contributed by atoms with van der Waals surface area (Å²) in [6.45, 7) is 2.87. The van der Waals surface area contributed by atoms with E-state index in [1.807, 2.05) is 0 Å². The van der Waals surface area contributed by atoms with E-state index in [9.17, 15) is 18.8 Å². The van der Waals surface area contributed by atoms with Crippen LogP contribution >= 0.6 is 0 Å². The van der Waals surface area contributed by atoms with E-state index in [0.29, 0.717) is 12.8 Å². The lowest BCUT2D eigenvalue weighted by Crippen LogP contribution is -2.20. The van der Waals surface area contributed by atoms with Crippen molar-refractivity contribution in [2.24, 2.45) is 5.92 Å². The van der Waals surface area contributed by atoms with Gasteiger partial charge < -0.3 is 9.47 Å². The minimum atomic E-state index is -0.644. The molecule has 0 amide bonds. The van der Waals surface area contributed by atoms with Crippen molar-refractivity contribution in [3.05, 3.63) is 29.6 Å². The highest BCUT2D eigenvalue weighted by atomic mass is 19.1. The molecule has 0 unspecified atom stereocenters. The van der Waals surface area contributed by atoms with E-state index in [-0.39, 0.29) is 29.5 Å². The van der Waals surface area contributed by atoms with E-state index in [4.69, 9.17) is 4.74 Å². The smallest absolute Gasteiger partial charge is 0.337 e. The molecule has 0 aliphatic rings. The third-order valence-corrected chi connectivity index (χ3v) is 3.23. The highest BCUT2D eigenvalue weighted by Gasteiger charge is 2.19. The van der Waals surface area contributed by atoms with Crippen molar-refractivity contribution >= 4 is 17.5 Å². The summed E-state index contributed by atoms with van der Waals surface area (Å²) in [6.07, 6.45) is 0.773. The number of methoxy groups -OCH3 is 1. The minimum absolute atomic E-state index is 0.0647. The number of hydrogen-bond acceptors (Lipinski definition) is 5. The molecule has 22 heavy (non-hydrogen) atoms. The van der Waals surface area contributed by atoms with Crippen LogP contribution in [0.2, 0.25) is 0 Å². The number of ketones is 2. The Bertz CT molecular complexity index is 554. The fourth-order valence-electron chi connectivity index (χ4n) is 2.02. The van der Waals surface area contributed by atoms with Gasteiger partial charge in [0, 0.05) is 0 Å². The van der Waals surface area contributed by atoms with Gasteiger partial charge in [-0.1, -0.05) is 0 Å². The van der Waals surface area contributed by atoms with E-state index < -0.39 is 17.7 Å². The molecular weight excluding hydrogens is 291 g/mol. The molecule has 0 atom stereocenters. The number of halogens is 1. The number of Topliss-reactive ketones (excluding diaryl/α,β-unsaturated/α-hetero) is 2. The molecule has 6 heteroatoms. The monoisotopic (exact) mass is 310 g/mol. The van der Waals surface area contributed by atoms with Crippen LogP contribution in [0.1, 0.15) is 37.0 Å². The molecular formula is C16H19FO5. The molecule has 0 aliphatic heterocycles. The van der Waals surface area contributed by atoms with Crippen molar-refractivity contribution in [3.8, 4) is 5.75 Å². The lowest BCUT2D eigenvalue weighted by Gasteiger charge is -2.11. The van der Waals surface area contributed by atoms with Crippen molar-refractivity contribution in [3.63, 3.8) is 0 Å².